The van der Waals surface area contributed by atoms with Crippen molar-refractivity contribution in [3.8, 4) is 0 Å². The fourth-order valence-electron chi connectivity index (χ4n) is 2.38. The predicted octanol–water partition coefficient (Wildman–Crippen LogP) is 1.80. The van der Waals surface area contributed by atoms with Gasteiger partial charge in [-0.15, -0.1) is 0 Å². The van der Waals surface area contributed by atoms with Crippen molar-refractivity contribution in [3.05, 3.63) is 10.6 Å². The molecule has 20 heavy (non-hydrogen) atoms. The van der Waals surface area contributed by atoms with E-state index >= 15 is 0 Å². The van der Waals surface area contributed by atoms with Crippen molar-refractivity contribution in [1.29, 1.82) is 0 Å². The number of nitrogens with zero attached hydrogens (tertiary/aromatic N) is 2. The van der Waals surface area contributed by atoms with E-state index in [1.54, 1.807) is 0 Å². The molecule has 0 bridgehead atoms. The standard InChI is InChI=1S/C13H19N3O3S/c1-3-16-5-4-9(7-16)6-14-13-15-10(12(18)19)11(20-13)8(2)17/h9H,3-7H2,1-2H3,(H,14,15)(H,18,19). The smallest absolute Gasteiger partial charge is 0.356 e. The van der Waals surface area contributed by atoms with Crippen LogP contribution >= 0.6 is 11.3 Å². The van der Waals surface area contributed by atoms with Gasteiger partial charge in [-0.05, 0) is 25.4 Å². The van der Waals surface area contributed by atoms with Crippen LogP contribution in [0.25, 0.3) is 0 Å². The summed E-state index contributed by atoms with van der Waals surface area (Å²) in [6.07, 6.45) is 1.14. The molecule has 1 saturated heterocycles. The number of rotatable bonds is 6. The van der Waals surface area contributed by atoms with E-state index in [4.69, 9.17) is 5.11 Å². The number of carboxylic acids is 1. The number of likely N-dealkylation sites (tertiary alicyclic amines) is 1. The molecule has 1 aromatic rings. The SMILES string of the molecule is CCN1CCC(CNc2nc(C(=O)O)c(C(C)=O)s2)C1. The van der Waals surface area contributed by atoms with E-state index in [2.05, 4.69) is 22.1 Å². The molecule has 0 radical (unpaired) electrons. The first kappa shape index (κ1) is 14.9. The summed E-state index contributed by atoms with van der Waals surface area (Å²) in [5.74, 6) is -0.864. The van der Waals surface area contributed by atoms with Crippen molar-refractivity contribution in [1.82, 2.24) is 9.88 Å². The summed E-state index contributed by atoms with van der Waals surface area (Å²) in [6.45, 7) is 7.50. The molecular formula is C13H19N3O3S. The number of Topliss-reactive ketones (excluding diaryl/α,β-unsaturated/α-hetero) is 1. The maximum atomic E-state index is 11.4. The minimum atomic E-state index is -1.16. The first-order valence-electron chi connectivity index (χ1n) is 6.72. The van der Waals surface area contributed by atoms with E-state index < -0.39 is 5.97 Å². The fourth-order valence-corrected chi connectivity index (χ4v) is 3.24. The zero-order valence-electron chi connectivity index (χ0n) is 11.7. The average molecular weight is 297 g/mol. The Hall–Kier alpha value is -1.47. The van der Waals surface area contributed by atoms with Crippen LogP contribution < -0.4 is 5.32 Å². The second-order valence-electron chi connectivity index (χ2n) is 4.99. The molecule has 0 amide bonds. The van der Waals surface area contributed by atoms with Crippen LogP contribution in [0.5, 0.6) is 0 Å². The fraction of sp³-hybridized carbons (Fsp3) is 0.615. The lowest BCUT2D eigenvalue weighted by Gasteiger charge is -2.13. The molecule has 2 N–H and O–H groups in total. The monoisotopic (exact) mass is 297 g/mol. The third kappa shape index (κ3) is 3.34. The molecule has 1 atom stereocenters. The van der Waals surface area contributed by atoms with Gasteiger partial charge in [0.05, 0.1) is 0 Å². The molecule has 1 unspecified atom stereocenters. The molecule has 0 aromatic carbocycles. The van der Waals surface area contributed by atoms with E-state index in [9.17, 15) is 9.59 Å². The van der Waals surface area contributed by atoms with Crippen molar-refractivity contribution >= 4 is 28.2 Å². The van der Waals surface area contributed by atoms with E-state index in [0.717, 1.165) is 43.9 Å². The van der Waals surface area contributed by atoms with Gasteiger partial charge in [-0.2, -0.15) is 0 Å². The zero-order chi connectivity index (χ0) is 14.7. The Labute approximate surface area is 121 Å². The third-order valence-corrected chi connectivity index (χ3v) is 4.62. The molecule has 1 fully saturated rings. The van der Waals surface area contributed by atoms with E-state index in [-0.39, 0.29) is 16.4 Å². The Morgan fingerprint density at radius 1 is 1.55 bits per heavy atom. The number of hydrogen-bond acceptors (Lipinski definition) is 6. The number of nitrogens with one attached hydrogen (secondary N) is 1. The quantitative estimate of drug-likeness (QED) is 0.779. The largest absolute Gasteiger partial charge is 0.476 e. The van der Waals surface area contributed by atoms with E-state index in [1.807, 2.05) is 0 Å². The molecule has 0 aliphatic carbocycles. The first-order valence-corrected chi connectivity index (χ1v) is 7.54. The Morgan fingerprint density at radius 2 is 2.30 bits per heavy atom. The van der Waals surface area contributed by atoms with Gasteiger partial charge >= 0.3 is 5.97 Å². The van der Waals surface area contributed by atoms with Crippen molar-refractivity contribution in [3.63, 3.8) is 0 Å². The van der Waals surface area contributed by atoms with Gasteiger partial charge in [0.25, 0.3) is 0 Å². The Bertz CT molecular complexity index is 483. The number of ketones is 1. The maximum absolute atomic E-state index is 11.4. The zero-order valence-corrected chi connectivity index (χ0v) is 12.5. The molecule has 2 rings (SSSR count). The summed E-state index contributed by atoms with van der Waals surface area (Å²) in [7, 11) is 0. The highest BCUT2D eigenvalue weighted by molar-refractivity contribution is 7.17. The Balaban J connectivity index is 1.98. The van der Waals surface area contributed by atoms with Gasteiger partial charge in [-0.25, -0.2) is 9.78 Å². The van der Waals surface area contributed by atoms with Crippen molar-refractivity contribution in [2.45, 2.75) is 20.3 Å². The van der Waals surface area contributed by atoms with Crippen molar-refractivity contribution < 1.29 is 14.7 Å². The number of thiazole rings is 1. The second-order valence-corrected chi connectivity index (χ2v) is 5.99. The van der Waals surface area contributed by atoms with Crippen LogP contribution in [-0.4, -0.2) is 52.9 Å². The van der Waals surface area contributed by atoms with Gasteiger partial charge in [0.15, 0.2) is 16.6 Å². The minimum Gasteiger partial charge on any atom is -0.476 e. The maximum Gasteiger partial charge on any atom is 0.356 e. The predicted molar refractivity (Wildman–Crippen MR) is 77.8 cm³/mol. The highest BCUT2D eigenvalue weighted by Gasteiger charge is 2.23. The molecule has 0 spiro atoms. The average Bonchev–Trinajstić information content (AvgIpc) is 3.03. The van der Waals surface area contributed by atoms with Crippen LogP contribution in [0, 0.1) is 5.92 Å². The van der Waals surface area contributed by atoms with Gasteiger partial charge in [0.2, 0.25) is 0 Å². The lowest BCUT2D eigenvalue weighted by molar-refractivity contribution is 0.0687. The highest BCUT2D eigenvalue weighted by Crippen LogP contribution is 2.25. The molecule has 6 nitrogen and oxygen atoms in total. The summed E-state index contributed by atoms with van der Waals surface area (Å²) < 4.78 is 0. The third-order valence-electron chi connectivity index (χ3n) is 3.51. The van der Waals surface area contributed by atoms with Crippen LogP contribution in [0.2, 0.25) is 0 Å². The molecule has 2 heterocycles. The number of anilines is 1. The molecular weight excluding hydrogens is 278 g/mol. The summed E-state index contributed by atoms with van der Waals surface area (Å²) in [5.41, 5.74) is -0.147. The van der Waals surface area contributed by atoms with Crippen LogP contribution in [-0.2, 0) is 0 Å². The number of aromatic carboxylic acids is 1. The first-order chi connectivity index (χ1) is 9.51. The van der Waals surface area contributed by atoms with Crippen molar-refractivity contribution in [2.24, 2.45) is 5.92 Å². The summed E-state index contributed by atoms with van der Waals surface area (Å²) in [5, 5.41) is 12.7. The lowest BCUT2D eigenvalue weighted by atomic mass is 10.1. The summed E-state index contributed by atoms with van der Waals surface area (Å²) in [6, 6.07) is 0. The normalized spacial score (nSPS) is 19.2. The van der Waals surface area contributed by atoms with E-state index in [1.165, 1.54) is 6.92 Å². The molecule has 7 heteroatoms. The summed E-state index contributed by atoms with van der Waals surface area (Å²) in [4.78, 5) is 29.0. The summed E-state index contributed by atoms with van der Waals surface area (Å²) >= 11 is 1.12. The van der Waals surface area contributed by atoms with Crippen molar-refractivity contribution in [2.75, 3.05) is 31.5 Å². The van der Waals surface area contributed by atoms with E-state index in [0.29, 0.717) is 11.0 Å². The van der Waals surface area contributed by atoms with Gasteiger partial charge in [-0.3, -0.25) is 4.79 Å². The molecule has 1 aliphatic heterocycles. The van der Waals surface area contributed by atoms with Gasteiger partial charge in [0, 0.05) is 20.0 Å². The number of carboxylic acid groups (broad SMARTS) is 1. The van der Waals surface area contributed by atoms with Gasteiger partial charge in [-0.1, -0.05) is 18.3 Å². The number of aromatic nitrogens is 1. The second kappa shape index (κ2) is 6.32. The number of carbonyl (C=O) groups excluding carboxylic acids is 1. The van der Waals surface area contributed by atoms with Crippen LogP contribution in [0.1, 0.15) is 40.4 Å². The number of carbonyl (C=O) groups is 2. The van der Waals surface area contributed by atoms with Gasteiger partial charge < -0.3 is 15.3 Å². The molecule has 1 aromatic heterocycles. The highest BCUT2D eigenvalue weighted by atomic mass is 32.1. The van der Waals surface area contributed by atoms with Gasteiger partial charge in [0.1, 0.15) is 4.88 Å². The van der Waals surface area contributed by atoms with Crippen LogP contribution in [0.3, 0.4) is 0 Å². The van der Waals surface area contributed by atoms with Crippen LogP contribution in [0.4, 0.5) is 5.13 Å². The lowest BCUT2D eigenvalue weighted by Crippen LogP contribution is -2.22. The molecule has 0 saturated carbocycles. The Kier molecular flexibility index (Phi) is 4.72. The van der Waals surface area contributed by atoms with Crippen LogP contribution in [0.15, 0.2) is 0 Å². The molecule has 110 valence electrons. The Morgan fingerprint density at radius 3 is 2.80 bits per heavy atom. The number of hydrogen-bond donors (Lipinski definition) is 2. The molecule has 1 aliphatic rings. The topological polar surface area (TPSA) is 82.5 Å². The minimum absolute atomic E-state index is 0.147.